The van der Waals surface area contributed by atoms with Crippen LogP contribution in [0.25, 0.3) is 0 Å². The molecule has 0 saturated carbocycles. The third kappa shape index (κ3) is 3.65. The van der Waals surface area contributed by atoms with Gasteiger partial charge in [-0.05, 0) is 25.0 Å². The summed E-state index contributed by atoms with van der Waals surface area (Å²) in [5.41, 5.74) is 3.57. The number of aliphatic hydroxyl groups is 1. The van der Waals surface area contributed by atoms with Crippen molar-refractivity contribution in [2.45, 2.75) is 13.3 Å². The van der Waals surface area contributed by atoms with Crippen LogP contribution < -0.4 is 0 Å². The third-order valence-corrected chi connectivity index (χ3v) is 3.15. The van der Waals surface area contributed by atoms with Crippen molar-refractivity contribution in [1.82, 2.24) is 0 Å². The number of benzene rings is 2. The molecule has 2 aromatic rings. The van der Waals surface area contributed by atoms with Gasteiger partial charge in [0.1, 0.15) is 0 Å². The molecule has 0 amide bonds. The summed E-state index contributed by atoms with van der Waals surface area (Å²) >= 11 is 0. The summed E-state index contributed by atoms with van der Waals surface area (Å²) in [6.07, 6.45) is 2.53. The molecule has 2 aromatic carbocycles. The van der Waals surface area contributed by atoms with Crippen LogP contribution in [0.2, 0.25) is 0 Å². The smallest absolute Gasteiger partial charge is 0.193 e. The topological polar surface area (TPSA) is 37.3 Å². The highest BCUT2D eigenvalue weighted by Crippen LogP contribution is 2.14. The van der Waals surface area contributed by atoms with Crippen molar-refractivity contribution in [2.24, 2.45) is 0 Å². The molecule has 2 nitrogen and oxygen atoms in total. The van der Waals surface area contributed by atoms with Gasteiger partial charge in [0.15, 0.2) is 5.78 Å². The van der Waals surface area contributed by atoms with Gasteiger partial charge in [-0.1, -0.05) is 60.2 Å². The Labute approximate surface area is 119 Å². The van der Waals surface area contributed by atoms with Crippen molar-refractivity contribution in [3.63, 3.8) is 0 Å². The summed E-state index contributed by atoms with van der Waals surface area (Å²) < 4.78 is 0. The normalized spacial score (nSPS) is 11.4. The number of carbonyl (C=O) groups excluding carboxylic acids is 1. The third-order valence-electron chi connectivity index (χ3n) is 3.15. The van der Waals surface area contributed by atoms with Gasteiger partial charge >= 0.3 is 0 Å². The van der Waals surface area contributed by atoms with Crippen LogP contribution in [0.4, 0.5) is 0 Å². The van der Waals surface area contributed by atoms with E-state index in [0.717, 1.165) is 17.6 Å². The second-order valence-corrected chi connectivity index (χ2v) is 4.81. The van der Waals surface area contributed by atoms with E-state index in [2.05, 4.69) is 0 Å². The van der Waals surface area contributed by atoms with Crippen molar-refractivity contribution >= 4 is 5.78 Å². The van der Waals surface area contributed by atoms with E-state index in [0.29, 0.717) is 11.1 Å². The van der Waals surface area contributed by atoms with Crippen LogP contribution in [-0.2, 0) is 6.42 Å². The van der Waals surface area contributed by atoms with Crippen molar-refractivity contribution in [2.75, 3.05) is 6.61 Å². The summed E-state index contributed by atoms with van der Waals surface area (Å²) in [7, 11) is 0. The Morgan fingerprint density at radius 2 is 1.75 bits per heavy atom. The zero-order chi connectivity index (χ0) is 14.4. The highest BCUT2D eigenvalue weighted by atomic mass is 16.2. The van der Waals surface area contributed by atoms with E-state index in [1.165, 1.54) is 0 Å². The zero-order valence-corrected chi connectivity index (χ0v) is 11.5. The first-order chi connectivity index (χ1) is 9.70. The second kappa shape index (κ2) is 6.83. The van der Waals surface area contributed by atoms with Crippen LogP contribution in [0, 0.1) is 0 Å². The number of hydrogen-bond donors (Lipinski definition) is 1. The highest BCUT2D eigenvalue weighted by molar-refractivity contribution is 6.09. The minimum Gasteiger partial charge on any atom is -0.392 e. The lowest BCUT2D eigenvalue weighted by molar-refractivity contribution is 0.103. The molecular weight excluding hydrogens is 248 g/mol. The van der Waals surface area contributed by atoms with Gasteiger partial charge in [0.2, 0.25) is 0 Å². The Balaban J connectivity index is 2.22. The lowest BCUT2D eigenvalue weighted by Crippen LogP contribution is -2.02. The van der Waals surface area contributed by atoms with E-state index in [4.69, 9.17) is 5.11 Å². The van der Waals surface area contributed by atoms with Crippen molar-refractivity contribution in [1.29, 1.82) is 0 Å². The minimum absolute atomic E-state index is 0.0382. The molecule has 0 radical (unpaired) electrons. The summed E-state index contributed by atoms with van der Waals surface area (Å²) in [4.78, 5) is 12.4. The molecule has 0 unspecified atom stereocenters. The van der Waals surface area contributed by atoms with Gasteiger partial charge in [0.25, 0.3) is 0 Å². The van der Waals surface area contributed by atoms with E-state index in [1.807, 2.05) is 61.5 Å². The van der Waals surface area contributed by atoms with Crippen molar-refractivity contribution in [3.8, 4) is 0 Å². The largest absolute Gasteiger partial charge is 0.392 e. The Bertz CT molecular complexity index is 612. The zero-order valence-electron chi connectivity index (χ0n) is 11.5. The minimum atomic E-state index is 0.0382. The maximum absolute atomic E-state index is 12.4. The molecule has 2 rings (SSSR count). The van der Waals surface area contributed by atoms with Gasteiger partial charge in [-0.25, -0.2) is 0 Å². The Morgan fingerprint density at radius 1 is 1.05 bits per heavy atom. The average Bonchev–Trinajstić information content (AvgIpc) is 2.48. The fourth-order valence-corrected chi connectivity index (χ4v) is 2.13. The van der Waals surface area contributed by atoms with Gasteiger partial charge in [-0.15, -0.1) is 0 Å². The van der Waals surface area contributed by atoms with Gasteiger partial charge in [0, 0.05) is 11.1 Å². The second-order valence-electron chi connectivity index (χ2n) is 4.81. The number of allylic oxidation sites excluding steroid dienone is 1. The van der Waals surface area contributed by atoms with Crippen molar-refractivity contribution in [3.05, 3.63) is 82.9 Å². The van der Waals surface area contributed by atoms with Crippen LogP contribution in [0.15, 0.2) is 66.2 Å². The molecule has 0 fully saturated rings. The molecule has 20 heavy (non-hydrogen) atoms. The summed E-state index contributed by atoms with van der Waals surface area (Å²) in [5.74, 6) is 0.0382. The van der Waals surface area contributed by atoms with E-state index >= 15 is 0 Å². The monoisotopic (exact) mass is 266 g/mol. The lowest BCUT2D eigenvalue weighted by atomic mass is 9.99. The number of aliphatic hydroxyl groups excluding tert-OH is 1. The molecule has 0 atom stereocenters. The molecule has 0 aliphatic carbocycles. The first-order valence-electron chi connectivity index (χ1n) is 6.66. The molecule has 2 heteroatoms. The van der Waals surface area contributed by atoms with Crippen molar-refractivity contribution < 1.29 is 9.90 Å². The molecule has 0 spiro atoms. The first kappa shape index (κ1) is 14.2. The predicted molar refractivity (Wildman–Crippen MR) is 80.9 cm³/mol. The number of rotatable bonds is 5. The number of ketones is 1. The fraction of sp³-hybridized carbons (Fsp3) is 0.167. The quantitative estimate of drug-likeness (QED) is 0.665. The molecule has 1 N–H and O–H groups in total. The molecule has 0 aliphatic rings. The summed E-state index contributed by atoms with van der Waals surface area (Å²) in [6.45, 7) is 2.02. The molecule has 102 valence electrons. The SMILES string of the molecule is C/C(=C\CO)Cc1cccc(C(=O)c2ccccc2)c1. The maximum atomic E-state index is 12.4. The molecule has 0 aliphatic heterocycles. The van der Waals surface area contributed by atoms with E-state index in [1.54, 1.807) is 6.08 Å². The van der Waals surface area contributed by atoms with E-state index < -0.39 is 0 Å². The predicted octanol–water partition coefficient (Wildman–Crippen LogP) is 3.40. The van der Waals surface area contributed by atoms with Gasteiger partial charge < -0.3 is 5.11 Å². The van der Waals surface area contributed by atoms with E-state index in [9.17, 15) is 4.79 Å². The first-order valence-corrected chi connectivity index (χ1v) is 6.66. The van der Waals surface area contributed by atoms with Crippen LogP contribution in [0.3, 0.4) is 0 Å². The van der Waals surface area contributed by atoms with E-state index in [-0.39, 0.29) is 12.4 Å². The number of hydrogen-bond acceptors (Lipinski definition) is 2. The fourth-order valence-electron chi connectivity index (χ4n) is 2.13. The highest BCUT2D eigenvalue weighted by Gasteiger charge is 2.08. The standard InChI is InChI=1S/C18H18O2/c1-14(10-11-19)12-15-6-5-9-17(13-15)18(20)16-7-3-2-4-8-16/h2-10,13,19H,11-12H2,1H3/b14-10+. The van der Waals surface area contributed by atoms with Gasteiger partial charge in [-0.2, -0.15) is 0 Å². The molecule has 0 heterocycles. The van der Waals surface area contributed by atoms with Gasteiger partial charge in [-0.3, -0.25) is 4.79 Å². The molecule has 0 bridgehead atoms. The molecular formula is C18H18O2. The molecule has 0 aromatic heterocycles. The summed E-state index contributed by atoms with van der Waals surface area (Å²) in [6, 6.07) is 16.9. The van der Waals surface area contributed by atoms with Crippen LogP contribution in [-0.4, -0.2) is 17.5 Å². The number of carbonyl (C=O) groups is 1. The Hall–Kier alpha value is -2.19. The average molecular weight is 266 g/mol. The van der Waals surface area contributed by atoms with Crippen LogP contribution in [0.5, 0.6) is 0 Å². The van der Waals surface area contributed by atoms with Gasteiger partial charge in [0.05, 0.1) is 6.61 Å². The molecule has 0 saturated heterocycles. The van der Waals surface area contributed by atoms with Crippen LogP contribution >= 0.6 is 0 Å². The van der Waals surface area contributed by atoms with Crippen LogP contribution in [0.1, 0.15) is 28.4 Å². The maximum Gasteiger partial charge on any atom is 0.193 e. The summed E-state index contributed by atoms with van der Waals surface area (Å²) in [5, 5.41) is 8.88. The lowest BCUT2D eigenvalue weighted by Gasteiger charge is -2.05. The Kier molecular flexibility index (Phi) is 4.85. The Morgan fingerprint density at radius 3 is 2.45 bits per heavy atom.